The SMILES string of the molecule is [2H]C([2H])([2H])c1c[c-]c(-c2cc(C(C(F)(F)F)(C(F)(F)F)C(F)(F)F)c(C([2H])([2H])[2H])cn2)cc1-c1ccccc1.[2H]C([2H])([2H])c1cc(-c2cccc(-c3ccccc3)c2)c2oc3c(-c4cc(C(C)(C)C)c(C([2H])([2H])[2H])cn4)[c-]ccc3c2c1.[Ir]. The zero-order chi connectivity index (χ0) is 60.6. The van der Waals surface area contributed by atoms with Crippen LogP contribution in [0.25, 0.3) is 77.8 Å². The van der Waals surface area contributed by atoms with E-state index in [2.05, 4.69) is 22.1 Å². The average Bonchev–Trinajstić information content (AvgIpc) is 1.77. The minimum absolute atomic E-state index is 0. The van der Waals surface area contributed by atoms with Gasteiger partial charge in [0, 0.05) is 59.9 Å². The van der Waals surface area contributed by atoms with Crippen LogP contribution in [0, 0.1) is 39.5 Å². The van der Waals surface area contributed by atoms with E-state index in [1.165, 1.54) is 30.5 Å². The number of fused-ring (bicyclic) bond motifs is 3. The fraction of sp³-hybridized carbons (Fsp3) is 0.207. The maximum Gasteiger partial charge on any atom is 0.416 e. The summed E-state index contributed by atoms with van der Waals surface area (Å²) in [5.74, 6) is 0. The first-order chi connectivity index (χ1) is 37.7. The third kappa shape index (κ3) is 9.91. The predicted molar refractivity (Wildman–Crippen MR) is 258 cm³/mol. The predicted octanol–water partition coefficient (Wildman–Crippen LogP) is 17.5. The fourth-order valence-electron chi connectivity index (χ4n) is 8.31. The number of halogens is 9. The van der Waals surface area contributed by atoms with Crippen LogP contribution in [0.2, 0.25) is 0 Å². The molecule has 9 rings (SSSR count). The Morgan fingerprint density at radius 3 is 1.69 bits per heavy atom. The van der Waals surface area contributed by atoms with Crippen LogP contribution in [0.1, 0.15) is 70.6 Å². The number of nitrogens with zero attached hydrogens (tertiary/aromatic N) is 2. The van der Waals surface area contributed by atoms with Gasteiger partial charge in [-0.05, 0) is 106 Å². The topological polar surface area (TPSA) is 38.9 Å². The van der Waals surface area contributed by atoms with Gasteiger partial charge in [0.25, 0.3) is 5.41 Å². The van der Waals surface area contributed by atoms with Gasteiger partial charge >= 0.3 is 18.5 Å². The molecule has 367 valence electrons. The third-order valence-electron chi connectivity index (χ3n) is 11.7. The zero-order valence-corrected chi connectivity index (χ0v) is 39.8. The largest absolute Gasteiger partial charge is 0.500 e. The number of benzene rings is 6. The van der Waals surface area contributed by atoms with Crippen molar-refractivity contribution in [3.05, 3.63) is 191 Å². The molecule has 0 aliphatic carbocycles. The Morgan fingerprint density at radius 1 is 0.507 bits per heavy atom. The first kappa shape index (κ1) is 38.2. The Balaban J connectivity index is 0.000000237. The van der Waals surface area contributed by atoms with Crippen LogP contribution in [0.15, 0.2) is 150 Å². The van der Waals surface area contributed by atoms with Gasteiger partial charge in [0.05, 0.1) is 5.58 Å². The molecule has 0 aliphatic heterocycles. The second kappa shape index (κ2) is 19.6. The van der Waals surface area contributed by atoms with Crippen LogP contribution >= 0.6 is 0 Å². The quantitative estimate of drug-likeness (QED) is 0.123. The van der Waals surface area contributed by atoms with Crippen molar-refractivity contribution in [1.29, 1.82) is 0 Å². The van der Waals surface area contributed by atoms with Gasteiger partial charge in [-0.1, -0.05) is 135 Å². The van der Waals surface area contributed by atoms with Crippen molar-refractivity contribution >= 4 is 21.9 Å². The van der Waals surface area contributed by atoms with Crippen molar-refractivity contribution in [2.24, 2.45) is 0 Å². The van der Waals surface area contributed by atoms with Gasteiger partial charge in [-0.2, -0.15) is 39.5 Å². The van der Waals surface area contributed by atoms with Crippen LogP contribution in [0.4, 0.5) is 39.5 Å². The van der Waals surface area contributed by atoms with Gasteiger partial charge in [0.15, 0.2) is 0 Å². The molecule has 0 amide bonds. The molecule has 3 nitrogen and oxygen atoms in total. The Labute approximate surface area is 436 Å². The van der Waals surface area contributed by atoms with E-state index in [0.29, 0.717) is 38.9 Å². The molecule has 0 saturated carbocycles. The summed E-state index contributed by atoms with van der Waals surface area (Å²) in [7, 11) is 0. The number of hydrogen-bond donors (Lipinski definition) is 0. The number of furan rings is 1. The van der Waals surface area contributed by atoms with Gasteiger partial charge in [0.2, 0.25) is 0 Å². The number of pyridine rings is 2. The van der Waals surface area contributed by atoms with Crippen LogP contribution < -0.4 is 0 Å². The van der Waals surface area contributed by atoms with Crippen molar-refractivity contribution in [2.45, 2.75) is 77.5 Å². The van der Waals surface area contributed by atoms with Crippen molar-refractivity contribution in [3.8, 4) is 55.9 Å². The van der Waals surface area contributed by atoms with Gasteiger partial charge < -0.3 is 14.4 Å². The Morgan fingerprint density at radius 2 is 1.08 bits per heavy atom. The van der Waals surface area contributed by atoms with Gasteiger partial charge in [0.1, 0.15) is 5.58 Å². The molecule has 0 N–H and O–H groups in total. The summed E-state index contributed by atoms with van der Waals surface area (Å²) < 4.78 is 226. The minimum atomic E-state index is -7.08. The molecular weight excluding hydrogens is 1100 g/mol. The minimum Gasteiger partial charge on any atom is -0.500 e. The molecule has 0 unspecified atom stereocenters. The molecule has 0 fully saturated rings. The van der Waals surface area contributed by atoms with E-state index >= 15 is 0 Å². The van der Waals surface area contributed by atoms with E-state index in [-0.39, 0.29) is 60.2 Å². The molecule has 0 spiro atoms. The number of alkyl halides is 9. The van der Waals surface area contributed by atoms with Gasteiger partial charge in [-0.3, -0.25) is 0 Å². The number of rotatable bonds is 6. The first-order valence-corrected chi connectivity index (χ1v) is 21.2. The first-order valence-electron chi connectivity index (χ1n) is 27.2. The Hall–Kier alpha value is -6.56. The van der Waals surface area contributed by atoms with Crippen LogP contribution in [0.5, 0.6) is 0 Å². The van der Waals surface area contributed by atoms with Crippen molar-refractivity contribution in [3.63, 3.8) is 0 Å². The summed E-state index contributed by atoms with van der Waals surface area (Å²) in [6, 6.07) is 41.4. The standard InChI is InChI=1S/C35H30NO.C23H15F9N.Ir/c1-22-17-29(26-14-9-13-25(19-26)24-11-7-6-8-12-24)34-30(18-22)27-15-10-16-28(33(27)37-34)32-20-31(35(3,4)5)23(2)21-36-32;1-13-8-9-16(10-17(13)15-6-4-3-5-7-15)19-11-18(14(2)12-33-19)20(21(24,25)26,22(27,28)29)23(30,31)32;/h6-15,17-21H,1-5H3;3-8,10-12H,1-2H3;/q2*-1;/i2*1D3,2D3;. The molecule has 0 aliphatic rings. The summed E-state index contributed by atoms with van der Waals surface area (Å²) in [5, 5.41) is 1.41. The molecule has 71 heavy (non-hydrogen) atoms. The molecule has 3 heterocycles. The molecule has 0 saturated heterocycles. The molecule has 6 aromatic carbocycles. The Bertz CT molecular complexity index is 3790. The summed E-state index contributed by atoms with van der Waals surface area (Å²) in [5.41, 5.74) is -6.34. The van der Waals surface area contributed by atoms with E-state index < -0.39 is 79.2 Å². The summed E-state index contributed by atoms with van der Waals surface area (Å²) in [6.07, 6.45) is -19.8. The maximum absolute atomic E-state index is 13.9. The van der Waals surface area contributed by atoms with Crippen LogP contribution in [0.3, 0.4) is 0 Å². The molecule has 9 aromatic rings. The summed E-state index contributed by atoms with van der Waals surface area (Å²) in [6.45, 7) is -5.35. The third-order valence-corrected chi connectivity index (χ3v) is 11.7. The normalized spacial score (nSPS) is 15.6. The van der Waals surface area contributed by atoms with Crippen molar-refractivity contribution in [2.75, 3.05) is 0 Å². The van der Waals surface area contributed by atoms with E-state index in [1.807, 2.05) is 81.4 Å². The second-order valence-corrected chi connectivity index (χ2v) is 17.3. The van der Waals surface area contributed by atoms with E-state index in [0.717, 1.165) is 34.2 Å². The number of aryl methyl sites for hydroxylation is 4. The van der Waals surface area contributed by atoms with E-state index in [9.17, 15) is 39.5 Å². The maximum atomic E-state index is 13.9. The molecule has 0 bridgehead atoms. The smallest absolute Gasteiger partial charge is 0.416 e. The van der Waals surface area contributed by atoms with Gasteiger partial charge in [-0.25, -0.2) is 0 Å². The zero-order valence-electron chi connectivity index (χ0n) is 49.4. The molecular formula is C58H45F9IrN2O-2. The Kier molecular flexibility index (Phi) is 10.5. The van der Waals surface area contributed by atoms with E-state index in [1.54, 1.807) is 30.3 Å². The number of hydrogen-bond acceptors (Lipinski definition) is 3. The van der Waals surface area contributed by atoms with Gasteiger partial charge in [-0.15, -0.1) is 47.5 Å². The van der Waals surface area contributed by atoms with Crippen molar-refractivity contribution < 1.29 is 80.5 Å². The monoisotopic (exact) mass is 1160 g/mol. The van der Waals surface area contributed by atoms with Crippen molar-refractivity contribution in [1.82, 2.24) is 9.97 Å². The van der Waals surface area contributed by atoms with Crippen LogP contribution in [-0.2, 0) is 30.9 Å². The second-order valence-electron chi connectivity index (χ2n) is 17.3. The molecule has 13 heteroatoms. The summed E-state index contributed by atoms with van der Waals surface area (Å²) in [4.78, 5) is 8.08. The molecule has 0 atom stereocenters. The van der Waals surface area contributed by atoms with E-state index in [4.69, 9.17) is 20.9 Å². The van der Waals surface area contributed by atoms with Crippen LogP contribution in [-0.4, -0.2) is 28.5 Å². The average molecular weight is 1160 g/mol. The summed E-state index contributed by atoms with van der Waals surface area (Å²) >= 11 is 0. The fourth-order valence-corrected chi connectivity index (χ4v) is 8.31. The molecule has 3 aromatic heterocycles. The number of aromatic nitrogens is 2. The molecule has 1 radical (unpaired) electrons.